The van der Waals surface area contributed by atoms with Gasteiger partial charge in [-0.1, -0.05) is 13.3 Å². The van der Waals surface area contributed by atoms with Crippen LogP contribution in [-0.4, -0.2) is 23.1 Å². The molecule has 3 heteroatoms. The van der Waals surface area contributed by atoms with Gasteiger partial charge in [-0.15, -0.1) is 0 Å². The largest absolute Gasteiger partial charge is 0.491 e. The lowest BCUT2D eigenvalue weighted by Crippen LogP contribution is -2.20. The molecule has 1 aromatic rings. The number of carbonyl (C=O) groups is 1. The molecule has 1 atom stereocenters. The Balaban J connectivity index is 2.70. The monoisotopic (exact) mass is 236 g/mol. The molecule has 17 heavy (non-hydrogen) atoms. The Morgan fingerprint density at radius 2 is 1.88 bits per heavy atom. The van der Waals surface area contributed by atoms with Crippen LogP contribution in [0.15, 0.2) is 24.3 Å². The molecule has 1 unspecified atom stereocenters. The van der Waals surface area contributed by atoms with E-state index in [1.807, 2.05) is 20.8 Å². The summed E-state index contributed by atoms with van der Waals surface area (Å²) in [5.74, 6) is 0.518. The summed E-state index contributed by atoms with van der Waals surface area (Å²) in [5, 5.41) is 9.61. The molecule has 1 rings (SSSR count). The van der Waals surface area contributed by atoms with Gasteiger partial charge in [-0.2, -0.15) is 0 Å². The zero-order valence-corrected chi connectivity index (χ0v) is 10.6. The number of Topliss-reactive ketones (excluding diaryl/α,β-unsaturated/α-hetero) is 1. The molecule has 0 amide bonds. The Kier molecular flexibility index (Phi) is 5.16. The zero-order chi connectivity index (χ0) is 12.8. The first-order valence-corrected chi connectivity index (χ1v) is 6.03. The van der Waals surface area contributed by atoms with Crippen LogP contribution < -0.4 is 4.74 Å². The highest BCUT2D eigenvalue weighted by Gasteiger charge is 2.15. The van der Waals surface area contributed by atoms with Crippen molar-refractivity contribution in [3.63, 3.8) is 0 Å². The lowest BCUT2D eigenvalue weighted by molar-refractivity contribution is 0.0729. The normalized spacial score (nSPS) is 12.5. The molecule has 0 saturated carbocycles. The Labute approximate surface area is 102 Å². The van der Waals surface area contributed by atoms with Gasteiger partial charge in [-0.3, -0.25) is 4.79 Å². The van der Waals surface area contributed by atoms with Crippen LogP contribution in [-0.2, 0) is 0 Å². The summed E-state index contributed by atoms with van der Waals surface area (Å²) in [6.07, 6.45) is 0.518. The summed E-state index contributed by atoms with van der Waals surface area (Å²) in [4.78, 5) is 11.8. The van der Waals surface area contributed by atoms with Crippen LogP contribution in [0.25, 0.3) is 0 Å². The van der Waals surface area contributed by atoms with E-state index < -0.39 is 6.10 Å². The number of hydrogen-bond donors (Lipinski definition) is 1. The minimum Gasteiger partial charge on any atom is -0.491 e. The molecule has 0 aromatic heterocycles. The minimum atomic E-state index is -0.892. The molecule has 0 spiro atoms. The van der Waals surface area contributed by atoms with E-state index in [1.54, 1.807) is 24.3 Å². The fourth-order valence-corrected chi connectivity index (χ4v) is 1.57. The quantitative estimate of drug-likeness (QED) is 0.772. The van der Waals surface area contributed by atoms with Crippen LogP contribution in [0.5, 0.6) is 5.75 Å². The molecule has 0 saturated heterocycles. The fourth-order valence-electron chi connectivity index (χ4n) is 1.57. The predicted octanol–water partition coefficient (Wildman–Crippen LogP) is 2.82. The number of ether oxygens (including phenoxy) is 1. The molecule has 0 bridgehead atoms. The van der Waals surface area contributed by atoms with E-state index in [4.69, 9.17) is 4.74 Å². The third kappa shape index (κ3) is 4.19. The van der Waals surface area contributed by atoms with Gasteiger partial charge in [0.15, 0.2) is 5.78 Å². The molecule has 1 aromatic carbocycles. The SMILES string of the molecule is CCCC(O)C(=O)c1ccc(OC(C)C)cc1. The Morgan fingerprint density at radius 1 is 1.29 bits per heavy atom. The van der Waals surface area contributed by atoms with Gasteiger partial charge in [0.2, 0.25) is 0 Å². The van der Waals surface area contributed by atoms with Gasteiger partial charge in [0, 0.05) is 5.56 Å². The van der Waals surface area contributed by atoms with E-state index in [-0.39, 0.29) is 11.9 Å². The lowest BCUT2D eigenvalue weighted by atomic mass is 10.0. The first-order chi connectivity index (χ1) is 8.04. The van der Waals surface area contributed by atoms with Gasteiger partial charge < -0.3 is 9.84 Å². The van der Waals surface area contributed by atoms with Crippen molar-refractivity contribution in [1.29, 1.82) is 0 Å². The van der Waals surface area contributed by atoms with Gasteiger partial charge in [-0.05, 0) is 44.5 Å². The second-order valence-corrected chi connectivity index (χ2v) is 4.36. The number of carbonyl (C=O) groups excluding carboxylic acids is 1. The number of ketones is 1. The fraction of sp³-hybridized carbons (Fsp3) is 0.500. The zero-order valence-electron chi connectivity index (χ0n) is 10.6. The van der Waals surface area contributed by atoms with Crippen molar-refractivity contribution in [2.45, 2.75) is 45.8 Å². The van der Waals surface area contributed by atoms with Crippen molar-refractivity contribution < 1.29 is 14.6 Å². The molecule has 0 aliphatic rings. The number of rotatable bonds is 6. The summed E-state index contributed by atoms with van der Waals surface area (Å²) >= 11 is 0. The molecule has 3 nitrogen and oxygen atoms in total. The maximum atomic E-state index is 11.8. The topological polar surface area (TPSA) is 46.5 Å². The van der Waals surface area contributed by atoms with E-state index in [2.05, 4.69) is 0 Å². The maximum absolute atomic E-state index is 11.8. The smallest absolute Gasteiger partial charge is 0.191 e. The Hall–Kier alpha value is -1.35. The first kappa shape index (κ1) is 13.7. The van der Waals surface area contributed by atoms with Gasteiger partial charge in [0.25, 0.3) is 0 Å². The Bertz CT molecular complexity index is 354. The highest BCUT2D eigenvalue weighted by molar-refractivity contribution is 5.99. The predicted molar refractivity (Wildman–Crippen MR) is 67.5 cm³/mol. The highest BCUT2D eigenvalue weighted by Crippen LogP contribution is 2.15. The summed E-state index contributed by atoms with van der Waals surface area (Å²) in [6, 6.07) is 6.90. The van der Waals surface area contributed by atoms with Gasteiger partial charge in [0.1, 0.15) is 11.9 Å². The number of benzene rings is 1. The molecule has 1 N–H and O–H groups in total. The van der Waals surface area contributed by atoms with Crippen LogP contribution in [0.3, 0.4) is 0 Å². The average molecular weight is 236 g/mol. The Morgan fingerprint density at radius 3 is 2.35 bits per heavy atom. The molecule has 0 fully saturated rings. The van der Waals surface area contributed by atoms with Crippen molar-refractivity contribution in [3.05, 3.63) is 29.8 Å². The van der Waals surface area contributed by atoms with Crippen LogP contribution >= 0.6 is 0 Å². The van der Waals surface area contributed by atoms with E-state index >= 15 is 0 Å². The average Bonchev–Trinajstić information content (AvgIpc) is 2.28. The van der Waals surface area contributed by atoms with Crippen LogP contribution in [0.4, 0.5) is 0 Å². The lowest BCUT2D eigenvalue weighted by Gasteiger charge is -2.11. The van der Waals surface area contributed by atoms with Gasteiger partial charge in [-0.25, -0.2) is 0 Å². The van der Waals surface area contributed by atoms with Crippen LogP contribution in [0.2, 0.25) is 0 Å². The van der Waals surface area contributed by atoms with Gasteiger partial charge >= 0.3 is 0 Å². The summed E-state index contributed by atoms with van der Waals surface area (Å²) in [5.41, 5.74) is 0.530. The van der Waals surface area contributed by atoms with E-state index in [0.29, 0.717) is 12.0 Å². The van der Waals surface area contributed by atoms with Gasteiger partial charge in [0.05, 0.1) is 6.10 Å². The molecular weight excluding hydrogens is 216 g/mol. The standard InChI is InChI=1S/C14H20O3/c1-4-5-13(15)14(16)11-6-8-12(9-7-11)17-10(2)3/h6-10,13,15H,4-5H2,1-3H3. The van der Waals surface area contributed by atoms with Crippen molar-refractivity contribution in [2.24, 2.45) is 0 Å². The van der Waals surface area contributed by atoms with Crippen molar-refractivity contribution in [2.75, 3.05) is 0 Å². The third-order valence-electron chi connectivity index (χ3n) is 2.38. The molecule has 94 valence electrons. The molecule has 0 aliphatic heterocycles. The summed E-state index contributed by atoms with van der Waals surface area (Å²) < 4.78 is 5.48. The molecule has 0 aliphatic carbocycles. The minimum absolute atomic E-state index is 0.113. The first-order valence-electron chi connectivity index (χ1n) is 6.03. The molecule has 0 heterocycles. The maximum Gasteiger partial charge on any atom is 0.191 e. The number of aliphatic hydroxyl groups is 1. The van der Waals surface area contributed by atoms with Crippen molar-refractivity contribution >= 4 is 5.78 Å². The van der Waals surface area contributed by atoms with Crippen LogP contribution in [0, 0.1) is 0 Å². The molecular formula is C14H20O3. The van der Waals surface area contributed by atoms with E-state index in [9.17, 15) is 9.90 Å². The number of hydrogen-bond acceptors (Lipinski definition) is 3. The van der Waals surface area contributed by atoms with E-state index in [1.165, 1.54) is 0 Å². The molecule has 0 radical (unpaired) electrons. The van der Waals surface area contributed by atoms with Crippen molar-refractivity contribution in [1.82, 2.24) is 0 Å². The van der Waals surface area contributed by atoms with Crippen LogP contribution in [0.1, 0.15) is 44.0 Å². The summed E-state index contributed by atoms with van der Waals surface area (Å²) in [7, 11) is 0. The summed E-state index contributed by atoms with van der Waals surface area (Å²) in [6.45, 7) is 5.84. The third-order valence-corrected chi connectivity index (χ3v) is 2.38. The number of aliphatic hydroxyl groups excluding tert-OH is 1. The van der Waals surface area contributed by atoms with E-state index in [0.717, 1.165) is 12.2 Å². The highest BCUT2D eigenvalue weighted by atomic mass is 16.5. The van der Waals surface area contributed by atoms with Crippen molar-refractivity contribution in [3.8, 4) is 5.75 Å². The second-order valence-electron chi connectivity index (χ2n) is 4.36. The second kappa shape index (κ2) is 6.40.